The zero-order valence-electron chi connectivity index (χ0n) is 17.9. The van der Waals surface area contributed by atoms with Crippen LogP contribution in [0, 0.1) is 6.92 Å². The van der Waals surface area contributed by atoms with Crippen LogP contribution in [0.5, 0.6) is 11.5 Å². The van der Waals surface area contributed by atoms with Gasteiger partial charge < -0.3 is 20.5 Å². The Morgan fingerprint density at radius 2 is 1.84 bits per heavy atom. The van der Waals surface area contributed by atoms with Crippen LogP contribution >= 0.6 is 0 Å². The zero-order valence-corrected chi connectivity index (χ0v) is 17.9. The molecule has 0 fully saturated rings. The summed E-state index contributed by atoms with van der Waals surface area (Å²) >= 11 is 0. The summed E-state index contributed by atoms with van der Waals surface area (Å²) in [6.07, 6.45) is 0.250. The summed E-state index contributed by atoms with van der Waals surface area (Å²) in [5, 5.41) is 3.78. The molecule has 8 heteroatoms. The minimum atomic E-state index is -0.602. The van der Waals surface area contributed by atoms with E-state index in [0.29, 0.717) is 22.7 Å². The fraction of sp³-hybridized carbons (Fsp3) is 0.261. The molecule has 0 radical (unpaired) electrons. The van der Waals surface area contributed by atoms with Crippen LogP contribution < -0.4 is 20.5 Å². The zero-order chi connectivity index (χ0) is 23.0. The number of hydrogen-bond donors (Lipinski definition) is 2. The molecule has 0 unspecified atom stereocenters. The van der Waals surface area contributed by atoms with Crippen LogP contribution in [-0.2, 0) is 9.59 Å². The average molecular weight is 423 g/mol. The monoisotopic (exact) mass is 423 g/mol. The van der Waals surface area contributed by atoms with Gasteiger partial charge in [-0.15, -0.1) is 0 Å². The highest BCUT2D eigenvalue weighted by atomic mass is 16.5. The second-order valence-electron chi connectivity index (χ2n) is 7.45. The van der Waals surface area contributed by atoms with E-state index in [4.69, 9.17) is 24.8 Å². The number of nitrogens with zero attached hydrogens (tertiary/aromatic N) is 1. The molecule has 2 aromatic carbocycles. The predicted molar refractivity (Wildman–Crippen MR) is 116 cm³/mol. The standard InChI is InChI=1S/C22H25N3O3.CO2/c1-14-11-17(23)20-18(24-14)9-6-10-19(20)28-13-22(2,3)25-21(26)15-7-5-8-16(12-15)27-4;2-1-3/h5-12H,13H2,1-4H3,(H2,23,24)(H,25,26);. The number of pyridine rings is 1. The van der Waals surface area contributed by atoms with E-state index in [2.05, 4.69) is 10.3 Å². The van der Waals surface area contributed by atoms with Crippen molar-refractivity contribution in [2.75, 3.05) is 19.5 Å². The molecule has 0 aliphatic rings. The average Bonchev–Trinajstić information content (AvgIpc) is 2.72. The summed E-state index contributed by atoms with van der Waals surface area (Å²) in [6, 6.07) is 14.5. The number of carbonyl (C=O) groups excluding carboxylic acids is 3. The number of benzene rings is 2. The van der Waals surface area contributed by atoms with Crippen LogP contribution in [0.2, 0.25) is 0 Å². The third kappa shape index (κ3) is 6.29. The van der Waals surface area contributed by atoms with Gasteiger partial charge in [0, 0.05) is 16.9 Å². The lowest BCUT2D eigenvalue weighted by atomic mass is 10.1. The molecule has 1 amide bonds. The number of ether oxygens (including phenoxy) is 2. The van der Waals surface area contributed by atoms with Gasteiger partial charge in [-0.1, -0.05) is 12.1 Å². The molecule has 3 aromatic rings. The van der Waals surface area contributed by atoms with Gasteiger partial charge >= 0.3 is 6.15 Å². The van der Waals surface area contributed by atoms with Crippen molar-refractivity contribution in [3.8, 4) is 11.5 Å². The minimum Gasteiger partial charge on any atom is -0.497 e. The molecule has 1 aromatic heterocycles. The van der Waals surface area contributed by atoms with Crippen LogP contribution in [0.3, 0.4) is 0 Å². The molecular formula is C23H25N3O5. The first-order valence-electron chi connectivity index (χ1n) is 9.45. The fourth-order valence-electron chi connectivity index (χ4n) is 2.98. The largest absolute Gasteiger partial charge is 0.497 e. The number of amides is 1. The molecule has 0 bridgehead atoms. The van der Waals surface area contributed by atoms with Gasteiger partial charge in [-0.05, 0) is 57.2 Å². The molecular weight excluding hydrogens is 398 g/mol. The minimum absolute atomic E-state index is 0.192. The van der Waals surface area contributed by atoms with Crippen LogP contribution in [-0.4, -0.2) is 36.3 Å². The number of carbonyl (C=O) groups is 1. The summed E-state index contributed by atoms with van der Waals surface area (Å²) in [5.41, 5.74) is 8.37. The quantitative estimate of drug-likeness (QED) is 0.625. The molecule has 0 saturated carbocycles. The second-order valence-corrected chi connectivity index (χ2v) is 7.45. The first-order chi connectivity index (χ1) is 14.7. The van der Waals surface area contributed by atoms with Crippen LogP contribution in [0.1, 0.15) is 29.9 Å². The number of aromatic nitrogens is 1. The van der Waals surface area contributed by atoms with E-state index in [9.17, 15) is 4.79 Å². The number of nitrogens with one attached hydrogen (secondary N) is 1. The summed E-state index contributed by atoms with van der Waals surface area (Å²) in [5.74, 6) is 1.09. The van der Waals surface area contributed by atoms with Crippen molar-refractivity contribution in [3.05, 3.63) is 59.8 Å². The van der Waals surface area contributed by atoms with Crippen molar-refractivity contribution >= 4 is 28.6 Å². The Hall–Kier alpha value is -3.90. The maximum absolute atomic E-state index is 12.6. The first kappa shape index (κ1) is 23.4. The smallest absolute Gasteiger partial charge is 0.373 e. The summed E-state index contributed by atoms with van der Waals surface area (Å²) in [6.45, 7) is 5.99. The molecule has 162 valence electrons. The number of aryl methyl sites for hydroxylation is 1. The molecule has 0 aliphatic heterocycles. The Balaban J connectivity index is 0.00000107. The van der Waals surface area contributed by atoms with Crippen molar-refractivity contribution in [1.82, 2.24) is 10.3 Å². The lowest BCUT2D eigenvalue weighted by Gasteiger charge is -2.27. The maximum atomic E-state index is 12.6. The number of rotatable bonds is 6. The second kappa shape index (κ2) is 10.2. The Labute approximate surface area is 180 Å². The molecule has 0 spiro atoms. The number of nitrogen functional groups attached to an aromatic ring is 1. The van der Waals surface area contributed by atoms with Gasteiger partial charge in [0.15, 0.2) is 0 Å². The van der Waals surface area contributed by atoms with Gasteiger partial charge in [0.05, 0.1) is 23.6 Å². The highest BCUT2D eigenvalue weighted by molar-refractivity contribution is 5.96. The number of methoxy groups -OCH3 is 1. The van der Waals surface area contributed by atoms with Gasteiger partial charge in [0.2, 0.25) is 0 Å². The van der Waals surface area contributed by atoms with Crippen molar-refractivity contribution in [3.63, 3.8) is 0 Å². The molecule has 0 atom stereocenters. The molecule has 3 rings (SSSR count). The molecule has 31 heavy (non-hydrogen) atoms. The number of fused-ring (bicyclic) bond motifs is 1. The number of anilines is 1. The Kier molecular flexibility index (Phi) is 7.71. The van der Waals surface area contributed by atoms with Crippen LogP contribution in [0.4, 0.5) is 5.69 Å². The summed E-state index contributed by atoms with van der Waals surface area (Å²) in [7, 11) is 1.57. The normalized spacial score (nSPS) is 10.5. The number of hydrogen-bond acceptors (Lipinski definition) is 7. The Bertz CT molecular complexity index is 1110. The Morgan fingerprint density at radius 3 is 2.52 bits per heavy atom. The molecule has 0 aliphatic carbocycles. The SMILES string of the molecule is COc1cccc(C(=O)NC(C)(C)COc2cccc3nc(C)cc(N)c23)c1.O=C=O. The van der Waals surface area contributed by atoms with E-state index in [1.807, 2.05) is 45.0 Å². The lowest BCUT2D eigenvalue weighted by Crippen LogP contribution is -2.47. The van der Waals surface area contributed by atoms with E-state index >= 15 is 0 Å². The van der Waals surface area contributed by atoms with Gasteiger partial charge in [0.25, 0.3) is 5.91 Å². The molecule has 0 saturated heterocycles. The highest BCUT2D eigenvalue weighted by Crippen LogP contribution is 2.30. The first-order valence-corrected chi connectivity index (χ1v) is 9.45. The molecule has 8 nitrogen and oxygen atoms in total. The van der Waals surface area contributed by atoms with Crippen molar-refractivity contribution in [1.29, 1.82) is 0 Å². The van der Waals surface area contributed by atoms with Crippen molar-refractivity contribution < 1.29 is 23.9 Å². The third-order valence-electron chi connectivity index (χ3n) is 4.33. The number of nitrogens with two attached hydrogens (primary N) is 1. The highest BCUT2D eigenvalue weighted by Gasteiger charge is 2.23. The van der Waals surface area contributed by atoms with Crippen molar-refractivity contribution in [2.24, 2.45) is 0 Å². The lowest BCUT2D eigenvalue weighted by molar-refractivity contribution is -0.191. The van der Waals surface area contributed by atoms with E-state index < -0.39 is 5.54 Å². The molecule has 1 heterocycles. The fourth-order valence-corrected chi connectivity index (χ4v) is 2.98. The van der Waals surface area contributed by atoms with Gasteiger partial charge in [-0.3, -0.25) is 9.78 Å². The predicted octanol–water partition coefficient (Wildman–Crippen LogP) is 3.14. The maximum Gasteiger partial charge on any atom is 0.373 e. The van der Waals surface area contributed by atoms with Gasteiger partial charge in [0.1, 0.15) is 18.1 Å². The van der Waals surface area contributed by atoms with E-state index in [1.165, 1.54) is 0 Å². The Morgan fingerprint density at radius 1 is 1.16 bits per heavy atom. The molecule has 3 N–H and O–H groups in total. The topological polar surface area (TPSA) is 121 Å². The van der Waals surface area contributed by atoms with E-state index in [0.717, 1.165) is 16.6 Å². The van der Waals surface area contributed by atoms with Crippen LogP contribution in [0.25, 0.3) is 10.9 Å². The van der Waals surface area contributed by atoms with Gasteiger partial charge in [-0.25, -0.2) is 0 Å². The van der Waals surface area contributed by atoms with Gasteiger partial charge in [-0.2, -0.15) is 9.59 Å². The van der Waals surface area contributed by atoms with Crippen LogP contribution in [0.15, 0.2) is 48.5 Å². The summed E-state index contributed by atoms with van der Waals surface area (Å²) < 4.78 is 11.2. The summed E-state index contributed by atoms with van der Waals surface area (Å²) in [4.78, 5) is 33.3. The van der Waals surface area contributed by atoms with E-state index in [-0.39, 0.29) is 18.7 Å². The third-order valence-corrected chi connectivity index (χ3v) is 4.33. The van der Waals surface area contributed by atoms with E-state index in [1.54, 1.807) is 31.4 Å². The van der Waals surface area contributed by atoms with Crippen molar-refractivity contribution in [2.45, 2.75) is 26.3 Å².